The maximum absolute atomic E-state index is 4.68. The van der Waals surface area contributed by atoms with Crippen LogP contribution in [0.4, 0.5) is 5.69 Å². The summed E-state index contributed by atoms with van der Waals surface area (Å²) >= 11 is 0. The van der Waals surface area contributed by atoms with Crippen LogP contribution in [-0.2, 0) is 25.5 Å². The topological polar surface area (TPSA) is 36.7 Å². The van der Waals surface area contributed by atoms with E-state index in [-0.39, 0.29) is 25.5 Å². The maximum Gasteiger partial charge on any atom is 3.00 e. The van der Waals surface area contributed by atoms with Gasteiger partial charge in [-0.15, -0.1) is 53.7 Å². The molecule has 8 rings (SSSR count). The van der Waals surface area contributed by atoms with E-state index in [1.165, 1.54) is 50.2 Å². The van der Waals surface area contributed by atoms with E-state index in [9.17, 15) is 0 Å². The summed E-state index contributed by atoms with van der Waals surface area (Å²) in [6.45, 7) is 20.0. The van der Waals surface area contributed by atoms with Crippen LogP contribution in [0.5, 0.6) is 0 Å². The predicted molar refractivity (Wildman–Crippen MR) is 217 cm³/mol. The van der Waals surface area contributed by atoms with Crippen LogP contribution in [0, 0.1) is 18.8 Å². The van der Waals surface area contributed by atoms with Gasteiger partial charge in [0.2, 0.25) is 0 Å². The summed E-state index contributed by atoms with van der Waals surface area (Å²) in [4.78, 5) is 6.79. The molecular formula is C47H48IrN5. The van der Waals surface area contributed by atoms with E-state index < -0.39 is 0 Å². The summed E-state index contributed by atoms with van der Waals surface area (Å²) in [6.07, 6.45) is 5.84. The van der Waals surface area contributed by atoms with Gasteiger partial charge in [0.15, 0.2) is 0 Å². The Kier molecular flexibility index (Phi) is 11.2. The van der Waals surface area contributed by atoms with Gasteiger partial charge in [-0.1, -0.05) is 102 Å². The number of hydrazone groups is 1. The largest absolute Gasteiger partial charge is 3.00 e. The molecule has 0 spiro atoms. The van der Waals surface area contributed by atoms with Gasteiger partial charge in [0.25, 0.3) is 0 Å². The van der Waals surface area contributed by atoms with Crippen LogP contribution in [0.15, 0.2) is 121 Å². The van der Waals surface area contributed by atoms with Crippen molar-refractivity contribution >= 4 is 12.0 Å². The molecule has 5 nitrogen and oxygen atoms in total. The van der Waals surface area contributed by atoms with Gasteiger partial charge >= 0.3 is 20.1 Å². The summed E-state index contributed by atoms with van der Waals surface area (Å²) in [5.41, 5.74) is 13.8. The van der Waals surface area contributed by atoms with Crippen molar-refractivity contribution in [1.29, 1.82) is 0 Å². The third-order valence-corrected chi connectivity index (χ3v) is 10.2. The van der Waals surface area contributed by atoms with E-state index in [0.717, 1.165) is 17.1 Å². The second kappa shape index (κ2) is 15.7. The molecule has 0 amide bonds. The first-order valence-corrected chi connectivity index (χ1v) is 18.4. The van der Waals surface area contributed by atoms with Crippen molar-refractivity contribution in [3.05, 3.63) is 157 Å². The predicted octanol–water partition coefficient (Wildman–Crippen LogP) is 11.6. The minimum Gasteiger partial charge on any atom is -0.489 e. The monoisotopic (exact) mass is 875 g/mol. The molecule has 5 aromatic carbocycles. The summed E-state index contributed by atoms with van der Waals surface area (Å²) in [5, 5.41) is 6.51. The average molecular weight is 875 g/mol. The molecule has 0 saturated carbocycles. The van der Waals surface area contributed by atoms with Crippen LogP contribution in [0.25, 0.3) is 39.3 Å². The minimum atomic E-state index is -0.0480. The van der Waals surface area contributed by atoms with E-state index in [1.807, 2.05) is 41.8 Å². The number of nitrogens with zero attached hydrogens (tertiary/aromatic N) is 5. The van der Waals surface area contributed by atoms with Gasteiger partial charge in [-0.3, -0.25) is 4.98 Å². The standard InChI is InChI=1S/C27H27N2.C20H21N3.Ir/c1-19(2)24-17-23(21-11-7-5-8-12-21)18-25(20(3)4)26(24)29-16-15-28-27(29)22-13-9-6-10-14-22;1-14(2)22-12-21-23(13-22)18-11-7-9-16-15-8-5-6-10-17(15)20(3,4)19(16)18;/h5-13,15-20H,1-4H3;5-10,12-14H,1-4H3;/q-1;-2;+3. The fourth-order valence-electron chi connectivity index (χ4n) is 7.46. The SMILES string of the molecule is CC(C)N1C=NN(c2[c-]ccc3c2C(C)(C)c2ccccc2-3)[CH-]1.CC(C)c1cc(-c2ccccc2)cc(C(C)C)c1-n1ccnc1-c1[c-]cccc1.[Ir+3]. The van der Waals surface area contributed by atoms with Crippen molar-refractivity contribution in [2.75, 3.05) is 5.01 Å². The third-order valence-electron chi connectivity index (χ3n) is 10.2. The molecule has 0 unspecified atom stereocenters. The Morgan fingerprint density at radius 2 is 1.40 bits per heavy atom. The first-order valence-electron chi connectivity index (χ1n) is 18.4. The molecule has 1 aromatic heterocycles. The number of aromatic nitrogens is 2. The second-order valence-corrected chi connectivity index (χ2v) is 15.1. The van der Waals surface area contributed by atoms with Crippen molar-refractivity contribution in [3.63, 3.8) is 0 Å². The van der Waals surface area contributed by atoms with Crippen molar-refractivity contribution in [1.82, 2.24) is 14.5 Å². The van der Waals surface area contributed by atoms with E-state index in [0.29, 0.717) is 17.9 Å². The number of hydrogen-bond acceptors (Lipinski definition) is 4. The van der Waals surface area contributed by atoms with Gasteiger partial charge in [0.1, 0.15) is 0 Å². The zero-order valence-corrected chi connectivity index (χ0v) is 34.3. The third kappa shape index (κ3) is 7.28. The minimum absolute atomic E-state index is 0. The molecule has 6 heteroatoms. The smallest absolute Gasteiger partial charge is 0.489 e. The van der Waals surface area contributed by atoms with Gasteiger partial charge in [0.05, 0.1) is 12.2 Å². The summed E-state index contributed by atoms with van der Waals surface area (Å²) in [7, 11) is 0. The molecule has 0 radical (unpaired) electrons. The molecule has 0 N–H and O–H groups in total. The molecule has 0 atom stereocenters. The zero-order chi connectivity index (χ0) is 36.6. The van der Waals surface area contributed by atoms with Gasteiger partial charge in [-0.25, -0.2) is 0 Å². The fourth-order valence-corrected chi connectivity index (χ4v) is 7.46. The molecule has 1 aliphatic heterocycles. The molecule has 0 fully saturated rings. The first-order chi connectivity index (χ1) is 25.1. The number of fused-ring (bicyclic) bond motifs is 3. The number of rotatable bonds is 7. The summed E-state index contributed by atoms with van der Waals surface area (Å²) in [6, 6.07) is 43.4. The molecule has 0 saturated heterocycles. The van der Waals surface area contributed by atoms with Gasteiger partial charge in [-0.2, -0.15) is 23.3 Å². The molecule has 6 aromatic rings. The normalized spacial score (nSPS) is 13.9. The molecular weight excluding hydrogens is 827 g/mol. The summed E-state index contributed by atoms with van der Waals surface area (Å²) in [5.74, 6) is 1.71. The molecule has 53 heavy (non-hydrogen) atoms. The fraction of sp³-hybridized carbons (Fsp3) is 0.255. The maximum atomic E-state index is 4.68. The van der Waals surface area contributed by atoms with Gasteiger partial charge < -0.3 is 14.5 Å². The van der Waals surface area contributed by atoms with E-state index in [4.69, 9.17) is 0 Å². The Morgan fingerprint density at radius 1 is 0.717 bits per heavy atom. The Hall–Kier alpha value is -4.77. The summed E-state index contributed by atoms with van der Waals surface area (Å²) < 4.78 is 2.24. The van der Waals surface area contributed by atoms with E-state index >= 15 is 0 Å². The van der Waals surface area contributed by atoms with Crippen molar-refractivity contribution < 1.29 is 20.1 Å². The van der Waals surface area contributed by atoms with Gasteiger partial charge in [-0.05, 0) is 82.7 Å². The molecule has 2 heterocycles. The van der Waals surface area contributed by atoms with E-state index in [1.54, 1.807) is 0 Å². The molecule has 270 valence electrons. The second-order valence-electron chi connectivity index (χ2n) is 15.1. The Balaban J connectivity index is 0.000000182. The van der Waals surface area contributed by atoms with Crippen LogP contribution in [-0.4, -0.2) is 26.8 Å². The van der Waals surface area contributed by atoms with Crippen LogP contribution in [0.2, 0.25) is 0 Å². The van der Waals surface area contributed by atoms with Crippen LogP contribution >= 0.6 is 0 Å². The Labute approximate surface area is 329 Å². The van der Waals surface area contributed by atoms with Crippen LogP contribution in [0.3, 0.4) is 0 Å². The Morgan fingerprint density at radius 3 is 2.04 bits per heavy atom. The zero-order valence-electron chi connectivity index (χ0n) is 31.9. The quantitative estimate of drug-likeness (QED) is 0.150. The van der Waals surface area contributed by atoms with Crippen molar-refractivity contribution in [2.24, 2.45) is 5.10 Å². The Bertz CT molecular complexity index is 2170. The average Bonchev–Trinajstić information content (AvgIpc) is 3.90. The van der Waals surface area contributed by atoms with E-state index in [2.05, 4.69) is 179 Å². The van der Waals surface area contributed by atoms with Crippen molar-refractivity contribution in [2.45, 2.75) is 78.7 Å². The van der Waals surface area contributed by atoms with Crippen LogP contribution < -0.4 is 5.01 Å². The first kappa shape index (κ1) is 38.0. The molecule has 0 bridgehead atoms. The molecule has 2 aliphatic rings. The van der Waals surface area contributed by atoms with Crippen molar-refractivity contribution in [3.8, 4) is 39.3 Å². The molecule has 1 aliphatic carbocycles. The number of imidazole rings is 1. The number of anilines is 1. The van der Waals surface area contributed by atoms with Gasteiger partial charge in [0, 0.05) is 18.1 Å². The van der Waals surface area contributed by atoms with Crippen LogP contribution in [0.1, 0.15) is 89.5 Å². The number of benzene rings is 5. The number of hydrogen-bond donors (Lipinski definition) is 0.